The molecule has 0 bridgehead atoms. The Morgan fingerprint density at radius 2 is 1.76 bits per heavy atom. The molecule has 0 saturated heterocycles. The first-order chi connectivity index (χ1) is 21.8. The zero-order valence-electron chi connectivity index (χ0n) is 25.0. The van der Waals surface area contributed by atoms with Crippen molar-refractivity contribution in [2.24, 2.45) is 0 Å². The van der Waals surface area contributed by atoms with E-state index in [0.717, 1.165) is 21.3 Å². The molecule has 15 heteroatoms. The molecule has 0 aliphatic heterocycles. The van der Waals surface area contributed by atoms with Crippen molar-refractivity contribution in [2.75, 3.05) is 31.7 Å². The van der Waals surface area contributed by atoms with E-state index in [9.17, 15) is 36.3 Å². The Morgan fingerprint density at radius 1 is 1.09 bits per heavy atom. The van der Waals surface area contributed by atoms with Gasteiger partial charge < -0.3 is 15.2 Å². The minimum atomic E-state index is -4.45. The van der Waals surface area contributed by atoms with Gasteiger partial charge in [-0.05, 0) is 48.9 Å². The third kappa shape index (κ3) is 8.36. The van der Waals surface area contributed by atoms with Crippen LogP contribution in [0.25, 0.3) is 0 Å². The molecule has 10 nitrogen and oxygen atoms in total. The Bertz CT molecular complexity index is 1640. The van der Waals surface area contributed by atoms with Crippen molar-refractivity contribution in [1.82, 2.24) is 14.3 Å². The SMILES string of the molecule is COc1ccc([C@H](C)N(CC(=O)N(c2cccc(F)c2)C(C(=O)NC2CC(F)(F)C2)c2ccccc2Cl)S(=O)(=O)NCCO)cc1. The first-order valence-corrected chi connectivity index (χ1v) is 16.1. The molecule has 3 aromatic rings. The van der Waals surface area contributed by atoms with Crippen LogP contribution in [0, 0.1) is 5.82 Å². The summed E-state index contributed by atoms with van der Waals surface area (Å²) in [4.78, 5) is 29.2. The van der Waals surface area contributed by atoms with Gasteiger partial charge in [-0.1, -0.05) is 48.0 Å². The van der Waals surface area contributed by atoms with E-state index in [4.69, 9.17) is 16.3 Å². The number of amides is 2. The quantitative estimate of drug-likeness (QED) is 0.232. The monoisotopic (exact) mass is 682 g/mol. The second kappa shape index (κ2) is 14.8. The van der Waals surface area contributed by atoms with Crippen molar-refractivity contribution < 1.29 is 41.0 Å². The van der Waals surface area contributed by atoms with Crippen LogP contribution in [0.3, 0.4) is 0 Å². The number of nitrogens with one attached hydrogen (secondary N) is 2. The fourth-order valence-corrected chi connectivity index (χ4v) is 6.72. The number of methoxy groups -OCH3 is 1. The average molecular weight is 683 g/mol. The average Bonchev–Trinajstić information content (AvgIpc) is 3.00. The highest BCUT2D eigenvalue weighted by atomic mass is 35.5. The Labute approximate surface area is 270 Å². The highest BCUT2D eigenvalue weighted by molar-refractivity contribution is 7.87. The zero-order chi connectivity index (χ0) is 33.6. The van der Waals surface area contributed by atoms with Gasteiger partial charge in [0, 0.05) is 47.7 Å². The van der Waals surface area contributed by atoms with Crippen molar-refractivity contribution in [2.45, 2.75) is 43.8 Å². The predicted octanol–water partition coefficient (Wildman–Crippen LogP) is 4.37. The Balaban J connectivity index is 1.80. The molecule has 0 radical (unpaired) electrons. The second-order valence-corrected chi connectivity index (χ2v) is 12.9. The number of rotatable bonds is 14. The summed E-state index contributed by atoms with van der Waals surface area (Å²) >= 11 is 6.49. The van der Waals surface area contributed by atoms with E-state index in [1.54, 1.807) is 36.4 Å². The highest BCUT2D eigenvalue weighted by Crippen LogP contribution is 2.39. The van der Waals surface area contributed by atoms with Gasteiger partial charge in [0.1, 0.15) is 17.6 Å². The maximum atomic E-state index is 14.6. The fraction of sp³-hybridized carbons (Fsp3) is 0.355. The van der Waals surface area contributed by atoms with E-state index in [2.05, 4.69) is 10.0 Å². The van der Waals surface area contributed by atoms with Crippen molar-refractivity contribution in [3.63, 3.8) is 0 Å². The summed E-state index contributed by atoms with van der Waals surface area (Å²) in [6.07, 6.45) is -1.21. The number of hydrogen-bond acceptors (Lipinski definition) is 6. The van der Waals surface area contributed by atoms with Gasteiger partial charge in [-0.2, -0.15) is 17.4 Å². The minimum Gasteiger partial charge on any atom is -0.497 e. The molecule has 1 fully saturated rings. The number of carbonyl (C=O) groups is 2. The molecule has 1 aliphatic rings. The molecule has 2 atom stereocenters. The topological polar surface area (TPSA) is 128 Å². The van der Waals surface area contributed by atoms with Gasteiger partial charge in [-0.3, -0.25) is 14.5 Å². The third-order valence-corrected chi connectivity index (χ3v) is 9.50. The number of halogens is 4. The van der Waals surface area contributed by atoms with E-state index >= 15 is 0 Å². The number of hydrogen-bond donors (Lipinski definition) is 3. The fourth-order valence-electron chi connectivity index (χ4n) is 5.15. The molecule has 1 saturated carbocycles. The molecule has 1 unspecified atom stereocenters. The normalized spacial score (nSPS) is 15.9. The standard InChI is InChI=1S/C31H34ClF3N4O6S/c1-20(21-10-12-25(45-2)13-11-21)38(46(43,44)36-14-15-40)19-28(41)39(24-7-5-6-22(33)16-24)29(26-8-3-4-9-27(26)32)30(42)37-23-17-31(34,35)18-23/h3-13,16,20,23,29,36,40H,14-15,17-19H2,1-2H3,(H,37,42)/t20-,29?/m0/s1. The van der Waals surface area contributed by atoms with Crippen molar-refractivity contribution >= 4 is 39.3 Å². The summed E-state index contributed by atoms with van der Waals surface area (Å²) in [5.74, 6) is -5.03. The van der Waals surface area contributed by atoms with Gasteiger partial charge >= 0.3 is 0 Å². The minimum absolute atomic E-state index is 0.0523. The van der Waals surface area contributed by atoms with E-state index in [-0.39, 0.29) is 22.8 Å². The molecule has 0 aromatic heterocycles. The lowest BCUT2D eigenvalue weighted by molar-refractivity contribution is -0.132. The molecular formula is C31H34ClF3N4O6S. The lowest BCUT2D eigenvalue weighted by Gasteiger charge is -2.39. The number of ether oxygens (including phenoxy) is 1. The van der Waals surface area contributed by atoms with Crippen molar-refractivity contribution in [1.29, 1.82) is 0 Å². The van der Waals surface area contributed by atoms with Gasteiger partial charge in [0.2, 0.25) is 11.8 Å². The van der Waals surface area contributed by atoms with Gasteiger partial charge in [-0.15, -0.1) is 0 Å². The molecule has 4 rings (SSSR count). The van der Waals surface area contributed by atoms with E-state index in [0.29, 0.717) is 11.3 Å². The highest BCUT2D eigenvalue weighted by Gasteiger charge is 2.47. The maximum Gasteiger partial charge on any atom is 0.280 e. The lowest BCUT2D eigenvalue weighted by Crippen LogP contribution is -2.55. The summed E-state index contributed by atoms with van der Waals surface area (Å²) in [5.41, 5.74) is 0.467. The van der Waals surface area contributed by atoms with Gasteiger partial charge in [0.15, 0.2) is 0 Å². The first kappa shape index (κ1) is 35.2. The molecule has 248 valence electrons. The lowest BCUT2D eigenvalue weighted by atomic mass is 9.87. The van der Waals surface area contributed by atoms with Crippen molar-refractivity contribution in [3.8, 4) is 5.75 Å². The number of nitrogens with zero attached hydrogens (tertiary/aromatic N) is 2. The number of aliphatic hydroxyl groups excluding tert-OH is 1. The number of benzene rings is 3. The van der Waals surface area contributed by atoms with E-state index in [1.165, 1.54) is 38.3 Å². The van der Waals surface area contributed by atoms with Crippen LogP contribution in [0.1, 0.15) is 43.0 Å². The van der Waals surface area contributed by atoms with Crippen LogP contribution in [-0.2, 0) is 19.8 Å². The number of anilines is 1. The summed E-state index contributed by atoms with van der Waals surface area (Å²) < 4.78 is 77.2. The molecule has 3 aromatic carbocycles. The number of aliphatic hydroxyl groups is 1. The Morgan fingerprint density at radius 3 is 2.35 bits per heavy atom. The molecular weight excluding hydrogens is 649 g/mol. The molecule has 0 spiro atoms. The van der Waals surface area contributed by atoms with Crippen molar-refractivity contribution in [3.05, 3.63) is 94.8 Å². The van der Waals surface area contributed by atoms with Crippen LogP contribution in [0.4, 0.5) is 18.9 Å². The Hall–Kier alpha value is -3.69. The van der Waals surface area contributed by atoms with E-state index in [1.807, 2.05) is 0 Å². The molecule has 3 N–H and O–H groups in total. The Kier molecular flexibility index (Phi) is 11.3. The largest absolute Gasteiger partial charge is 0.497 e. The van der Waals surface area contributed by atoms with Crippen LogP contribution < -0.4 is 19.7 Å². The van der Waals surface area contributed by atoms with Gasteiger partial charge in [-0.25, -0.2) is 13.2 Å². The van der Waals surface area contributed by atoms with Crippen LogP contribution in [0.2, 0.25) is 5.02 Å². The molecule has 46 heavy (non-hydrogen) atoms. The summed E-state index contributed by atoms with van der Waals surface area (Å²) in [6.45, 7) is -0.204. The maximum absolute atomic E-state index is 14.6. The second-order valence-electron chi connectivity index (χ2n) is 10.8. The number of carbonyl (C=O) groups excluding carboxylic acids is 2. The third-order valence-electron chi connectivity index (χ3n) is 7.52. The van der Waals surface area contributed by atoms with Crippen LogP contribution in [-0.4, -0.2) is 68.4 Å². The zero-order valence-corrected chi connectivity index (χ0v) is 26.6. The smallest absolute Gasteiger partial charge is 0.280 e. The van der Waals surface area contributed by atoms with Gasteiger partial charge in [0.05, 0.1) is 20.3 Å². The predicted molar refractivity (Wildman–Crippen MR) is 166 cm³/mol. The molecule has 1 aliphatic carbocycles. The molecule has 0 heterocycles. The van der Waals surface area contributed by atoms with Crippen LogP contribution in [0.15, 0.2) is 72.8 Å². The molecule has 2 amide bonds. The van der Waals surface area contributed by atoms with Gasteiger partial charge in [0.25, 0.3) is 16.1 Å². The summed E-state index contributed by atoms with van der Waals surface area (Å²) in [6, 6.07) is 13.8. The number of alkyl halides is 2. The van der Waals surface area contributed by atoms with Crippen LogP contribution >= 0.6 is 11.6 Å². The van der Waals surface area contributed by atoms with Crippen LogP contribution in [0.5, 0.6) is 5.75 Å². The summed E-state index contributed by atoms with van der Waals surface area (Å²) in [7, 11) is -2.98. The summed E-state index contributed by atoms with van der Waals surface area (Å²) in [5, 5.41) is 11.9. The first-order valence-electron chi connectivity index (χ1n) is 14.3. The van der Waals surface area contributed by atoms with E-state index < -0.39 is 77.9 Å².